The topological polar surface area (TPSA) is 78.3 Å². The lowest BCUT2D eigenvalue weighted by molar-refractivity contribution is -0.131. The third-order valence-corrected chi connectivity index (χ3v) is 3.14. The lowest BCUT2D eigenvalue weighted by Crippen LogP contribution is -2.07. The maximum absolute atomic E-state index is 10.9. The monoisotopic (exact) mass is 246 g/mol. The van der Waals surface area contributed by atoms with Gasteiger partial charge in [-0.2, -0.15) is 0 Å². The number of hydrogen-bond acceptors (Lipinski definition) is 4. The molecule has 4 nitrogen and oxygen atoms in total. The van der Waals surface area contributed by atoms with Gasteiger partial charge in [0.2, 0.25) is 0 Å². The van der Waals surface area contributed by atoms with E-state index in [9.17, 15) is 4.79 Å². The van der Waals surface area contributed by atoms with Crippen LogP contribution in [0.25, 0.3) is 5.57 Å². The Balaban J connectivity index is 2.37. The van der Waals surface area contributed by atoms with Crippen LogP contribution in [0, 0.1) is 0 Å². The summed E-state index contributed by atoms with van der Waals surface area (Å²) >= 11 is 0. The molecule has 4 N–H and O–H groups in total. The molecule has 0 unspecified atom stereocenters. The SMILES string of the molecule is CC(=O)Oc1ccc(C2=CCCCC2)c(N)c1N. The van der Waals surface area contributed by atoms with E-state index in [0.29, 0.717) is 17.1 Å². The van der Waals surface area contributed by atoms with Gasteiger partial charge in [0.25, 0.3) is 0 Å². The second-order valence-electron chi connectivity index (χ2n) is 4.51. The molecule has 1 aliphatic rings. The number of carbonyl (C=O) groups is 1. The normalized spacial score (nSPS) is 15.1. The van der Waals surface area contributed by atoms with E-state index in [1.165, 1.54) is 25.3 Å². The highest BCUT2D eigenvalue weighted by Crippen LogP contribution is 2.37. The molecule has 1 aliphatic carbocycles. The van der Waals surface area contributed by atoms with Crippen molar-refractivity contribution in [1.29, 1.82) is 0 Å². The Labute approximate surface area is 107 Å². The molecule has 0 saturated heterocycles. The average Bonchev–Trinajstić information content (AvgIpc) is 2.36. The third-order valence-electron chi connectivity index (χ3n) is 3.14. The van der Waals surface area contributed by atoms with Crippen LogP contribution in [0.2, 0.25) is 0 Å². The van der Waals surface area contributed by atoms with Crippen LogP contribution in [0.3, 0.4) is 0 Å². The van der Waals surface area contributed by atoms with E-state index < -0.39 is 5.97 Å². The van der Waals surface area contributed by atoms with Crippen molar-refractivity contribution in [3.63, 3.8) is 0 Å². The first kappa shape index (κ1) is 12.5. The van der Waals surface area contributed by atoms with E-state index in [1.54, 1.807) is 6.07 Å². The molecule has 0 aromatic heterocycles. The Morgan fingerprint density at radius 2 is 2.00 bits per heavy atom. The smallest absolute Gasteiger partial charge is 0.308 e. The van der Waals surface area contributed by atoms with Crippen LogP contribution in [0.1, 0.15) is 38.2 Å². The minimum Gasteiger partial charge on any atom is -0.424 e. The van der Waals surface area contributed by atoms with Crippen LogP contribution >= 0.6 is 0 Å². The van der Waals surface area contributed by atoms with Gasteiger partial charge in [0.15, 0.2) is 5.75 Å². The van der Waals surface area contributed by atoms with E-state index in [2.05, 4.69) is 6.08 Å². The maximum Gasteiger partial charge on any atom is 0.308 e. The van der Waals surface area contributed by atoms with Crippen LogP contribution in [-0.4, -0.2) is 5.97 Å². The quantitative estimate of drug-likeness (QED) is 0.478. The van der Waals surface area contributed by atoms with Crippen LogP contribution in [0.5, 0.6) is 5.75 Å². The number of nitrogen functional groups attached to an aromatic ring is 2. The minimum absolute atomic E-state index is 0.333. The van der Waals surface area contributed by atoms with Gasteiger partial charge in [-0.05, 0) is 43.4 Å². The van der Waals surface area contributed by atoms with Gasteiger partial charge in [-0.1, -0.05) is 6.08 Å². The van der Waals surface area contributed by atoms with Crippen molar-refractivity contribution in [3.8, 4) is 5.75 Å². The minimum atomic E-state index is -0.397. The molecule has 0 heterocycles. The zero-order chi connectivity index (χ0) is 13.1. The lowest BCUT2D eigenvalue weighted by atomic mass is 9.92. The van der Waals surface area contributed by atoms with Crippen molar-refractivity contribution in [1.82, 2.24) is 0 Å². The van der Waals surface area contributed by atoms with Gasteiger partial charge in [0, 0.05) is 12.5 Å². The molecule has 0 amide bonds. The second kappa shape index (κ2) is 5.12. The molecule has 2 rings (SSSR count). The molecule has 0 fully saturated rings. The number of anilines is 2. The highest BCUT2D eigenvalue weighted by molar-refractivity contribution is 5.86. The molecule has 18 heavy (non-hydrogen) atoms. The number of esters is 1. The molecule has 1 aromatic rings. The van der Waals surface area contributed by atoms with E-state index in [1.807, 2.05) is 6.07 Å². The van der Waals surface area contributed by atoms with E-state index in [4.69, 9.17) is 16.2 Å². The largest absolute Gasteiger partial charge is 0.424 e. The Kier molecular flexibility index (Phi) is 3.55. The highest BCUT2D eigenvalue weighted by Gasteiger charge is 2.14. The summed E-state index contributed by atoms with van der Waals surface area (Å²) < 4.78 is 5.00. The molecule has 4 heteroatoms. The summed E-state index contributed by atoms with van der Waals surface area (Å²) in [5, 5.41) is 0. The first-order valence-electron chi connectivity index (χ1n) is 6.15. The highest BCUT2D eigenvalue weighted by atomic mass is 16.5. The number of rotatable bonds is 2. The molecule has 0 aliphatic heterocycles. The first-order chi connectivity index (χ1) is 8.59. The Hall–Kier alpha value is -1.97. The van der Waals surface area contributed by atoms with Gasteiger partial charge in [0.1, 0.15) is 0 Å². The van der Waals surface area contributed by atoms with Crippen molar-refractivity contribution in [2.75, 3.05) is 11.5 Å². The summed E-state index contributed by atoms with van der Waals surface area (Å²) in [6.45, 7) is 1.34. The molecular weight excluding hydrogens is 228 g/mol. The van der Waals surface area contributed by atoms with Crippen LogP contribution in [-0.2, 0) is 4.79 Å². The number of allylic oxidation sites excluding steroid dienone is 2. The van der Waals surface area contributed by atoms with Crippen molar-refractivity contribution in [2.24, 2.45) is 0 Å². The summed E-state index contributed by atoms with van der Waals surface area (Å²) in [6, 6.07) is 3.58. The summed E-state index contributed by atoms with van der Waals surface area (Å²) in [6.07, 6.45) is 6.72. The Morgan fingerprint density at radius 1 is 1.22 bits per heavy atom. The molecule has 0 saturated carbocycles. The number of benzene rings is 1. The number of nitrogens with two attached hydrogens (primary N) is 2. The van der Waals surface area contributed by atoms with Crippen molar-refractivity contribution in [3.05, 3.63) is 23.8 Å². The third kappa shape index (κ3) is 2.47. The Bertz CT molecular complexity index is 507. The average molecular weight is 246 g/mol. The molecule has 0 spiro atoms. The molecule has 0 atom stereocenters. The van der Waals surface area contributed by atoms with Crippen LogP contribution < -0.4 is 16.2 Å². The van der Waals surface area contributed by atoms with Crippen molar-refractivity contribution >= 4 is 22.9 Å². The summed E-state index contributed by atoms with van der Waals surface area (Å²) in [5.74, 6) is -0.0640. The van der Waals surface area contributed by atoms with Gasteiger partial charge < -0.3 is 16.2 Å². The van der Waals surface area contributed by atoms with Crippen molar-refractivity contribution in [2.45, 2.75) is 32.6 Å². The predicted molar refractivity (Wildman–Crippen MR) is 73.0 cm³/mol. The molecule has 96 valence electrons. The zero-order valence-corrected chi connectivity index (χ0v) is 10.5. The van der Waals surface area contributed by atoms with Gasteiger partial charge in [-0.25, -0.2) is 0 Å². The van der Waals surface area contributed by atoms with Crippen LogP contribution in [0.4, 0.5) is 11.4 Å². The van der Waals surface area contributed by atoms with Crippen molar-refractivity contribution < 1.29 is 9.53 Å². The summed E-state index contributed by atoms with van der Waals surface area (Å²) in [4.78, 5) is 10.9. The number of carbonyl (C=O) groups excluding carboxylic acids is 1. The lowest BCUT2D eigenvalue weighted by Gasteiger charge is -2.17. The van der Waals surface area contributed by atoms with Gasteiger partial charge in [0.05, 0.1) is 11.4 Å². The van der Waals surface area contributed by atoms with Gasteiger partial charge >= 0.3 is 5.97 Å². The fourth-order valence-corrected chi connectivity index (χ4v) is 2.22. The first-order valence-corrected chi connectivity index (χ1v) is 6.15. The fraction of sp³-hybridized carbons (Fsp3) is 0.357. The second-order valence-corrected chi connectivity index (χ2v) is 4.51. The van der Waals surface area contributed by atoms with E-state index in [0.717, 1.165) is 18.4 Å². The number of hydrogen-bond donors (Lipinski definition) is 2. The standard InChI is InChI=1S/C14H18N2O2/c1-9(17)18-12-8-7-11(13(15)14(12)16)10-5-3-2-4-6-10/h5,7-8H,2-4,6,15-16H2,1H3. The molecular formula is C14H18N2O2. The number of ether oxygens (including phenoxy) is 1. The Morgan fingerprint density at radius 3 is 2.61 bits per heavy atom. The van der Waals surface area contributed by atoms with E-state index >= 15 is 0 Å². The fourth-order valence-electron chi connectivity index (χ4n) is 2.22. The van der Waals surface area contributed by atoms with Gasteiger partial charge in [-0.3, -0.25) is 4.79 Å². The summed E-state index contributed by atoms with van der Waals surface area (Å²) in [7, 11) is 0. The maximum atomic E-state index is 10.9. The molecule has 0 bridgehead atoms. The van der Waals surface area contributed by atoms with Crippen LogP contribution in [0.15, 0.2) is 18.2 Å². The van der Waals surface area contributed by atoms with E-state index in [-0.39, 0.29) is 0 Å². The molecule has 0 radical (unpaired) electrons. The predicted octanol–water partition coefficient (Wildman–Crippen LogP) is 2.73. The van der Waals surface area contributed by atoms with Gasteiger partial charge in [-0.15, -0.1) is 0 Å². The molecule has 1 aromatic carbocycles. The summed E-state index contributed by atoms with van der Waals surface area (Å²) in [5.41, 5.74) is 15.0. The zero-order valence-electron chi connectivity index (χ0n) is 10.5.